The van der Waals surface area contributed by atoms with Gasteiger partial charge < -0.3 is 25.8 Å². The Morgan fingerprint density at radius 3 is 2.58 bits per heavy atom. The summed E-state index contributed by atoms with van der Waals surface area (Å²) in [6.07, 6.45) is 2.61. The minimum Gasteiger partial charge on any atom is -0.343 e. The number of benzene rings is 1. The molecule has 0 atom stereocenters. The number of hydrogen-bond donors (Lipinski definition) is 3. The lowest BCUT2D eigenvalue weighted by molar-refractivity contribution is -0.117. The molecule has 1 aromatic carbocycles. The number of amides is 3. The Kier molecular flexibility index (Phi) is 7.28. The third-order valence-electron chi connectivity index (χ3n) is 4.92. The standard InChI is InChI=1S/C20H26ClN7O4S/c1-12(2)28-11-17(29)27(3)16-10-23-19(26-18(16)28)24-13-7-14(25-20(30)22-6-5-21)9-15(8-13)33(4,31)32/h7-10,12H,5-6,11H2,1-4H3,(H2,22,25,30)(H,23,24,26). The van der Waals surface area contributed by atoms with E-state index in [9.17, 15) is 18.0 Å². The number of carbonyl (C=O) groups is 2. The number of anilines is 5. The average Bonchev–Trinajstić information content (AvgIpc) is 2.73. The summed E-state index contributed by atoms with van der Waals surface area (Å²) in [6, 6.07) is 3.86. The van der Waals surface area contributed by atoms with Crippen LogP contribution < -0.4 is 25.8 Å². The van der Waals surface area contributed by atoms with Crippen molar-refractivity contribution in [3.05, 3.63) is 24.4 Å². The first-order chi connectivity index (χ1) is 15.5. The van der Waals surface area contributed by atoms with Crippen molar-refractivity contribution in [2.45, 2.75) is 24.8 Å². The number of aromatic nitrogens is 2. The molecule has 11 nitrogen and oxygen atoms in total. The van der Waals surface area contributed by atoms with E-state index in [1.54, 1.807) is 13.1 Å². The topological polar surface area (TPSA) is 137 Å². The van der Waals surface area contributed by atoms with E-state index < -0.39 is 15.9 Å². The van der Waals surface area contributed by atoms with Crippen molar-refractivity contribution in [3.8, 4) is 0 Å². The van der Waals surface area contributed by atoms with Gasteiger partial charge in [0, 0.05) is 43.1 Å². The van der Waals surface area contributed by atoms with Crippen molar-refractivity contribution >= 4 is 62.2 Å². The van der Waals surface area contributed by atoms with Gasteiger partial charge in [0.15, 0.2) is 15.7 Å². The number of hydrogen-bond acceptors (Lipinski definition) is 8. The van der Waals surface area contributed by atoms with E-state index in [0.717, 1.165) is 6.26 Å². The summed E-state index contributed by atoms with van der Waals surface area (Å²) < 4.78 is 24.4. The maximum atomic E-state index is 12.3. The number of carbonyl (C=O) groups excluding carboxylic acids is 2. The molecule has 1 aromatic heterocycles. The molecule has 0 saturated carbocycles. The van der Waals surface area contributed by atoms with Crippen molar-refractivity contribution < 1.29 is 18.0 Å². The van der Waals surface area contributed by atoms with E-state index in [1.165, 1.54) is 23.2 Å². The molecule has 0 radical (unpaired) electrons. The Bertz CT molecular complexity index is 1170. The molecule has 3 rings (SSSR count). The molecule has 13 heteroatoms. The van der Waals surface area contributed by atoms with Gasteiger partial charge in [-0.3, -0.25) is 4.79 Å². The number of likely N-dealkylation sites (N-methyl/N-ethyl adjacent to an activating group) is 1. The zero-order valence-electron chi connectivity index (χ0n) is 18.7. The Labute approximate surface area is 197 Å². The van der Waals surface area contributed by atoms with Crippen LogP contribution in [0.15, 0.2) is 29.3 Å². The lowest BCUT2D eigenvalue weighted by Crippen LogP contribution is -2.47. The first-order valence-electron chi connectivity index (χ1n) is 10.1. The second kappa shape index (κ2) is 9.79. The minimum atomic E-state index is -3.57. The summed E-state index contributed by atoms with van der Waals surface area (Å²) >= 11 is 5.58. The van der Waals surface area contributed by atoms with Crippen LogP contribution in [0.4, 0.5) is 33.6 Å². The van der Waals surface area contributed by atoms with E-state index in [0.29, 0.717) is 17.2 Å². The lowest BCUT2D eigenvalue weighted by atomic mass is 10.2. The molecule has 3 N–H and O–H groups in total. The Balaban J connectivity index is 1.95. The Morgan fingerprint density at radius 2 is 1.94 bits per heavy atom. The number of rotatable bonds is 7. The van der Waals surface area contributed by atoms with Crippen LogP contribution in [0.25, 0.3) is 0 Å². The lowest BCUT2D eigenvalue weighted by Gasteiger charge is -2.36. The summed E-state index contributed by atoms with van der Waals surface area (Å²) in [5.41, 5.74) is 1.20. The van der Waals surface area contributed by atoms with Crippen LogP contribution in [0.5, 0.6) is 0 Å². The van der Waals surface area contributed by atoms with Gasteiger partial charge in [0.2, 0.25) is 11.9 Å². The fourth-order valence-corrected chi connectivity index (χ4v) is 3.96. The summed E-state index contributed by atoms with van der Waals surface area (Å²) in [5, 5.41) is 8.14. The molecule has 0 fully saturated rings. The van der Waals surface area contributed by atoms with Crippen molar-refractivity contribution in [1.82, 2.24) is 15.3 Å². The van der Waals surface area contributed by atoms with Crippen LogP contribution in [0.2, 0.25) is 0 Å². The largest absolute Gasteiger partial charge is 0.343 e. The average molecular weight is 496 g/mol. The molecule has 0 saturated heterocycles. The molecule has 3 amide bonds. The summed E-state index contributed by atoms with van der Waals surface area (Å²) in [7, 11) is -1.90. The first-order valence-corrected chi connectivity index (χ1v) is 12.6. The molecule has 0 aliphatic carbocycles. The highest BCUT2D eigenvalue weighted by atomic mass is 35.5. The van der Waals surface area contributed by atoms with Crippen molar-refractivity contribution in [2.24, 2.45) is 0 Å². The molecule has 2 heterocycles. The molecule has 33 heavy (non-hydrogen) atoms. The third-order valence-corrected chi connectivity index (χ3v) is 6.20. The fraction of sp³-hybridized carbons (Fsp3) is 0.400. The monoisotopic (exact) mass is 495 g/mol. The van der Waals surface area contributed by atoms with Crippen molar-refractivity contribution in [3.63, 3.8) is 0 Å². The van der Waals surface area contributed by atoms with Gasteiger partial charge in [0.05, 0.1) is 17.6 Å². The zero-order chi connectivity index (χ0) is 24.3. The van der Waals surface area contributed by atoms with Crippen LogP contribution in [-0.2, 0) is 14.6 Å². The van der Waals surface area contributed by atoms with Crippen LogP contribution in [0, 0.1) is 0 Å². The zero-order valence-corrected chi connectivity index (χ0v) is 20.3. The second-order valence-corrected chi connectivity index (χ2v) is 10.2. The quantitative estimate of drug-likeness (QED) is 0.497. The van der Waals surface area contributed by atoms with Crippen molar-refractivity contribution in [2.75, 3.05) is 52.7 Å². The van der Waals surface area contributed by atoms with Gasteiger partial charge in [0.1, 0.15) is 5.69 Å². The maximum absolute atomic E-state index is 12.3. The van der Waals surface area contributed by atoms with Gasteiger partial charge in [-0.2, -0.15) is 4.98 Å². The number of alkyl halides is 1. The molecule has 178 valence electrons. The van der Waals surface area contributed by atoms with Crippen LogP contribution in [-0.4, -0.2) is 68.6 Å². The highest BCUT2D eigenvalue weighted by Gasteiger charge is 2.30. The van der Waals surface area contributed by atoms with E-state index in [4.69, 9.17) is 11.6 Å². The Morgan fingerprint density at radius 1 is 1.24 bits per heavy atom. The molecular weight excluding hydrogens is 470 g/mol. The minimum absolute atomic E-state index is 0.00670. The highest BCUT2D eigenvalue weighted by Crippen LogP contribution is 2.33. The molecule has 0 unspecified atom stereocenters. The van der Waals surface area contributed by atoms with Crippen LogP contribution >= 0.6 is 11.6 Å². The Hall–Kier alpha value is -3.12. The first kappa shape index (κ1) is 24.5. The van der Waals surface area contributed by atoms with E-state index in [-0.39, 0.29) is 47.4 Å². The number of nitrogens with one attached hydrogen (secondary N) is 3. The summed E-state index contributed by atoms with van der Waals surface area (Å²) in [4.78, 5) is 36.5. The van der Waals surface area contributed by atoms with Gasteiger partial charge in [-0.05, 0) is 32.0 Å². The summed E-state index contributed by atoms with van der Waals surface area (Å²) in [5.74, 6) is 0.977. The summed E-state index contributed by atoms with van der Waals surface area (Å²) in [6.45, 7) is 4.37. The molecule has 0 bridgehead atoms. The number of nitrogens with zero attached hydrogens (tertiary/aromatic N) is 4. The predicted molar refractivity (Wildman–Crippen MR) is 128 cm³/mol. The van der Waals surface area contributed by atoms with E-state index >= 15 is 0 Å². The van der Waals surface area contributed by atoms with Crippen LogP contribution in [0.1, 0.15) is 13.8 Å². The predicted octanol–water partition coefficient (Wildman–Crippen LogP) is 2.18. The van der Waals surface area contributed by atoms with Gasteiger partial charge >= 0.3 is 6.03 Å². The fourth-order valence-electron chi connectivity index (χ4n) is 3.19. The van der Waals surface area contributed by atoms with Gasteiger partial charge in [-0.1, -0.05) is 0 Å². The number of fused-ring (bicyclic) bond motifs is 1. The molecule has 2 aromatic rings. The van der Waals surface area contributed by atoms with Crippen molar-refractivity contribution in [1.29, 1.82) is 0 Å². The van der Waals surface area contributed by atoms with E-state index in [1.807, 2.05) is 18.7 Å². The van der Waals surface area contributed by atoms with E-state index in [2.05, 4.69) is 25.9 Å². The second-order valence-electron chi connectivity index (χ2n) is 7.79. The highest BCUT2D eigenvalue weighted by molar-refractivity contribution is 7.90. The molecule has 0 spiro atoms. The van der Waals surface area contributed by atoms with Gasteiger partial charge in [-0.15, -0.1) is 11.6 Å². The van der Waals surface area contributed by atoms with Gasteiger partial charge in [-0.25, -0.2) is 18.2 Å². The number of halogens is 1. The molecule has 1 aliphatic rings. The SMILES string of the molecule is CC(C)N1CC(=O)N(C)c2cnc(Nc3cc(NC(=O)NCCCl)cc(S(C)(=O)=O)c3)nc21. The normalized spacial score (nSPS) is 13.7. The maximum Gasteiger partial charge on any atom is 0.319 e. The number of sulfone groups is 1. The van der Waals surface area contributed by atoms with Gasteiger partial charge in [0.25, 0.3) is 0 Å². The molecule has 1 aliphatic heterocycles. The van der Waals surface area contributed by atoms with Crippen LogP contribution in [0.3, 0.4) is 0 Å². The smallest absolute Gasteiger partial charge is 0.319 e. The molecular formula is C20H26ClN7O4S. The third kappa shape index (κ3) is 5.82. The number of urea groups is 1.